The third kappa shape index (κ3) is 6.95. The van der Waals surface area contributed by atoms with Gasteiger partial charge in [0.2, 0.25) is 0 Å². The minimum atomic E-state index is -0.722. The number of hydrogen-bond acceptors (Lipinski definition) is 5. The predicted molar refractivity (Wildman–Crippen MR) is 96.6 cm³/mol. The van der Waals surface area contributed by atoms with Gasteiger partial charge in [-0.1, -0.05) is 44.2 Å². The minimum Gasteiger partial charge on any atom is -0.489 e. The lowest BCUT2D eigenvalue weighted by atomic mass is 10.2. The zero-order valence-electron chi connectivity index (χ0n) is 14.6. The normalized spacial score (nSPS) is 12.0. The van der Waals surface area contributed by atoms with Crippen LogP contribution in [0.5, 0.6) is 5.75 Å². The summed E-state index contributed by atoms with van der Waals surface area (Å²) in [4.78, 5) is 12.0. The largest absolute Gasteiger partial charge is 0.489 e. The molecule has 2 N–H and O–H groups in total. The fourth-order valence-electron chi connectivity index (χ4n) is 2.11. The quantitative estimate of drug-likeness (QED) is 0.685. The molecule has 5 heteroatoms. The lowest BCUT2D eigenvalue weighted by molar-refractivity contribution is 0.0256. The van der Waals surface area contributed by atoms with Gasteiger partial charge in [0.1, 0.15) is 25.1 Å². The molecular weight excluding hydrogens is 318 g/mol. The maximum Gasteiger partial charge on any atom is 0.338 e. The predicted octanol–water partition coefficient (Wildman–Crippen LogP) is 2.78. The smallest absolute Gasteiger partial charge is 0.338 e. The van der Waals surface area contributed by atoms with Crippen LogP contribution in [0.4, 0.5) is 0 Å². The first kappa shape index (κ1) is 19.0. The Morgan fingerprint density at radius 1 is 1.08 bits per heavy atom. The van der Waals surface area contributed by atoms with Gasteiger partial charge in [-0.25, -0.2) is 4.79 Å². The van der Waals surface area contributed by atoms with Crippen LogP contribution in [0.1, 0.15) is 29.8 Å². The highest BCUT2D eigenvalue weighted by Crippen LogP contribution is 2.15. The van der Waals surface area contributed by atoms with Crippen molar-refractivity contribution in [2.24, 2.45) is 0 Å². The highest BCUT2D eigenvalue weighted by molar-refractivity contribution is 5.89. The van der Waals surface area contributed by atoms with Gasteiger partial charge in [0.25, 0.3) is 0 Å². The number of aliphatic hydroxyl groups excluding tert-OH is 1. The first-order valence-electron chi connectivity index (χ1n) is 8.40. The number of aliphatic hydroxyl groups is 1. The van der Waals surface area contributed by atoms with Crippen LogP contribution in [0.15, 0.2) is 54.6 Å². The minimum absolute atomic E-state index is 0.0369. The van der Waals surface area contributed by atoms with Gasteiger partial charge in [0.05, 0.1) is 5.56 Å². The van der Waals surface area contributed by atoms with Crippen LogP contribution in [0, 0.1) is 0 Å². The van der Waals surface area contributed by atoms with Gasteiger partial charge in [0.15, 0.2) is 0 Å². The number of benzene rings is 2. The standard InChI is InChI=1S/C20H25NO4/c1-15(2)21-12-18(22)14-25-20(23)17-8-10-19(11-9-17)24-13-16-6-4-3-5-7-16/h3-11,15,18,21-22H,12-14H2,1-2H3/t18-/m0/s1. The van der Waals surface area contributed by atoms with E-state index in [1.165, 1.54) is 0 Å². The summed E-state index contributed by atoms with van der Waals surface area (Å²) in [7, 11) is 0. The third-order valence-electron chi connectivity index (χ3n) is 3.51. The molecule has 2 aromatic rings. The molecule has 0 radical (unpaired) electrons. The van der Waals surface area contributed by atoms with Gasteiger partial charge in [-0.05, 0) is 29.8 Å². The van der Waals surface area contributed by atoms with Crippen LogP contribution >= 0.6 is 0 Å². The highest BCUT2D eigenvalue weighted by Gasteiger charge is 2.11. The lowest BCUT2D eigenvalue weighted by Crippen LogP contribution is -2.35. The molecule has 0 heterocycles. The molecule has 25 heavy (non-hydrogen) atoms. The van der Waals surface area contributed by atoms with Gasteiger partial charge in [-0.15, -0.1) is 0 Å². The number of ether oxygens (including phenoxy) is 2. The number of hydrogen-bond donors (Lipinski definition) is 2. The molecule has 0 aliphatic carbocycles. The van der Waals surface area contributed by atoms with E-state index in [2.05, 4.69) is 5.32 Å². The van der Waals surface area contributed by atoms with Crippen LogP contribution in [0.2, 0.25) is 0 Å². The van der Waals surface area contributed by atoms with Gasteiger partial charge in [0, 0.05) is 12.6 Å². The van der Waals surface area contributed by atoms with E-state index >= 15 is 0 Å². The molecule has 0 unspecified atom stereocenters. The van der Waals surface area contributed by atoms with Crippen molar-refractivity contribution in [2.45, 2.75) is 32.6 Å². The molecule has 0 fully saturated rings. The third-order valence-corrected chi connectivity index (χ3v) is 3.51. The summed E-state index contributed by atoms with van der Waals surface area (Å²) in [6.45, 7) is 4.79. The van der Waals surface area contributed by atoms with E-state index < -0.39 is 12.1 Å². The first-order chi connectivity index (χ1) is 12.0. The number of nitrogens with one attached hydrogen (secondary N) is 1. The Hall–Kier alpha value is -2.37. The second-order valence-electron chi connectivity index (χ2n) is 6.11. The van der Waals surface area contributed by atoms with Crippen molar-refractivity contribution in [3.05, 3.63) is 65.7 Å². The maximum atomic E-state index is 12.0. The summed E-state index contributed by atoms with van der Waals surface area (Å²) >= 11 is 0. The van der Waals surface area contributed by atoms with Gasteiger partial charge >= 0.3 is 5.97 Å². The van der Waals surface area contributed by atoms with Crippen molar-refractivity contribution in [3.63, 3.8) is 0 Å². The summed E-state index contributed by atoms with van der Waals surface area (Å²) < 4.78 is 10.8. The Kier molecular flexibility index (Phi) is 7.44. The zero-order chi connectivity index (χ0) is 18.1. The topological polar surface area (TPSA) is 67.8 Å². The summed E-state index contributed by atoms with van der Waals surface area (Å²) in [6.07, 6.45) is -0.722. The zero-order valence-corrected chi connectivity index (χ0v) is 14.6. The molecule has 1 atom stereocenters. The maximum absolute atomic E-state index is 12.0. The molecule has 2 aromatic carbocycles. The summed E-state index contributed by atoms with van der Waals surface area (Å²) in [5.41, 5.74) is 1.51. The number of carbonyl (C=O) groups excluding carboxylic acids is 1. The van der Waals surface area contributed by atoms with Crippen LogP contribution in [0.25, 0.3) is 0 Å². The summed E-state index contributed by atoms with van der Waals surface area (Å²) in [6, 6.07) is 16.9. The van der Waals surface area contributed by atoms with Crippen molar-refractivity contribution in [1.29, 1.82) is 0 Å². The summed E-state index contributed by atoms with van der Waals surface area (Å²) in [5.74, 6) is 0.222. The van der Waals surface area contributed by atoms with E-state index in [1.54, 1.807) is 24.3 Å². The molecule has 5 nitrogen and oxygen atoms in total. The van der Waals surface area contributed by atoms with Crippen molar-refractivity contribution < 1.29 is 19.4 Å². The lowest BCUT2D eigenvalue weighted by Gasteiger charge is -2.14. The molecule has 0 aliphatic heterocycles. The molecule has 134 valence electrons. The second-order valence-corrected chi connectivity index (χ2v) is 6.11. The van der Waals surface area contributed by atoms with E-state index in [4.69, 9.17) is 9.47 Å². The van der Waals surface area contributed by atoms with Crippen LogP contribution in [-0.2, 0) is 11.3 Å². The number of carbonyl (C=O) groups is 1. The Bertz CT molecular complexity index is 641. The number of rotatable bonds is 9. The molecule has 0 spiro atoms. The molecule has 0 bridgehead atoms. The monoisotopic (exact) mass is 343 g/mol. The molecule has 0 aliphatic rings. The molecule has 0 aromatic heterocycles. The second kappa shape index (κ2) is 9.81. The van der Waals surface area contributed by atoms with Crippen molar-refractivity contribution in [3.8, 4) is 5.75 Å². The fourth-order valence-corrected chi connectivity index (χ4v) is 2.11. The van der Waals surface area contributed by atoms with E-state index in [1.807, 2.05) is 44.2 Å². The van der Waals surface area contributed by atoms with E-state index in [0.717, 1.165) is 5.56 Å². The Morgan fingerprint density at radius 3 is 2.40 bits per heavy atom. The Morgan fingerprint density at radius 2 is 1.76 bits per heavy atom. The van der Waals surface area contributed by atoms with Crippen molar-refractivity contribution in [2.75, 3.05) is 13.2 Å². The van der Waals surface area contributed by atoms with Crippen LogP contribution in [-0.4, -0.2) is 36.4 Å². The molecule has 2 rings (SSSR count). The van der Waals surface area contributed by atoms with Gasteiger partial charge in [-0.2, -0.15) is 0 Å². The average Bonchev–Trinajstić information content (AvgIpc) is 2.64. The van der Waals surface area contributed by atoms with Gasteiger partial charge in [-0.3, -0.25) is 0 Å². The molecular formula is C20H25NO4. The molecule has 0 saturated carbocycles. The number of esters is 1. The highest BCUT2D eigenvalue weighted by atomic mass is 16.5. The molecule has 0 amide bonds. The SMILES string of the molecule is CC(C)NC[C@H](O)COC(=O)c1ccc(OCc2ccccc2)cc1. The Labute approximate surface area is 148 Å². The van der Waals surface area contributed by atoms with E-state index in [0.29, 0.717) is 24.5 Å². The van der Waals surface area contributed by atoms with Crippen LogP contribution in [0.3, 0.4) is 0 Å². The fraction of sp³-hybridized carbons (Fsp3) is 0.350. The molecule has 0 saturated heterocycles. The average molecular weight is 343 g/mol. The van der Waals surface area contributed by atoms with E-state index in [9.17, 15) is 9.90 Å². The first-order valence-corrected chi connectivity index (χ1v) is 8.40. The van der Waals surface area contributed by atoms with E-state index in [-0.39, 0.29) is 12.6 Å². The Balaban J connectivity index is 1.77. The van der Waals surface area contributed by atoms with Crippen molar-refractivity contribution >= 4 is 5.97 Å². The van der Waals surface area contributed by atoms with Crippen molar-refractivity contribution in [1.82, 2.24) is 5.32 Å². The summed E-state index contributed by atoms with van der Waals surface area (Å²) in [5, 5.41) is 12.8. The van der Waals surface area contributed by atoms with Crippen LogP contribution < -0.4 is 10.1 Å². The van der Waals surface area contributed by atoms with Gasteiger partial charge < -0.3 is 19.9 Å².